The molecule has 0 saturated carbocycles. The van der Waals surface area contributed by atoms with Gasteiger partial charge in [0.2, 0.25) is 0 Å². The average molecular weight is 280 g/mol. The van der Waals surface area contributed by atoms with Gasteiger partial charge < -0.3 is 9.73 Å². The van der Waals surface area contributed by atoms with Crippen LogP contribution in [-0.4, -0.2) is 12.5 Å². The van der Waals surface area contributed by atoms with Crippen molar-refractivity contribution < 1.29 is 9.21 Å². The van der Waals surface area contributed by atoms with Gasteiger partial charge in [-0.2, -0.15) is 0 Å². The predicted molar refractivity (Wildman–Crippen MR) is 80.9 cm³/mol. The number of aryl methyl sites for hydroxylation is 1. The van der Waals surface area contributed by atoms with Crippen LogP contribution in [0.4, 0.5) is 0 Å². The molecule has 106 valence electrons. The van der Waals surface area contributed by atoms with Crippen LogP contribution >= 0.6 is 0 Å². The molecule has 0 saturated heterocycles. The summed E-state index contributed by atoms with van der Waals surface area (Å²) in [6, 6.07) is 7.68. The third-order valence-electron chi connectivity index (χ3n) is 3.38. The van der Waals surface area contributed by atoms with E-state index in [2.05, 4.69) is 16.9 Å². The third-order valence-corrected chi connectivity index (χ3v) is 3.38. The van der Waals surface area contributed by atoms with Crippen LogP contribution in [-0.2, 0) is 11.3 Å². The van der Waals surface area contributed by atoms with E-state index in [4.69, 9.17) is 4.42 Å². The second-order valence-electron chi connectivity index (χ2n) is 5.13. The minimum absolute atomic E-state index is 0.205. The lowest BCUT2D eigenvalue weighted by Crippen LogP contribution is -2.32. The van der Waals surface area contributed by atoms with Crippen molar-refractivity contribution in [1.82, 2.24) is 5.32 Å². The maximum atomic E-state index is 12.1. The van der Waals surface area contributed by atoms with Gasteiger partial charge in [0.15, 0.2) is 0 Å². The van der Waals surface area contributed by atoms with Gasteiger partial charge in [0.1, 0.15) is 5.76 Å². The fourth-order valence-electron chi connectivity index (χ4n) is 2.41. The number of fused-ring (bicyclic) bond motifs is 1. The quantitative estimate of drug-likeness (QED) is 0.919. The van der Waals surface area contributed by atoms with E-state index >= 15 is 0 Å². The molecule has 21 heavy (non-hydrogen) atoms. The summed E-state index contributed by atoms with van der Waals surface area (Å²) in [4.78, 5) is 16.2. The SMILES string of the molecule is C=c1cc(C)cc2c1=NC(=O)C(CNCc1ccco1)=C2. The summed E-state index contributed by atoms with van der Waals surface area (Å²) in [5, 5.41) is 4.66. The first-order chi connectivity index (χ1) is 10.1. The topological polar surface area (TPSA) is 54.6 Å². The highest BCUT2D eigenvalue weighted by Gasteiger charge is 2.14. The maximum Gasteiger partial charge on any atom is 0.274 e. The van der Waals surface area contributed by atoms with Gasteiger partial charge in [0, 0.05) is 17.7 Å². The number of hydrogen-bond acceptors (Lipinski definition) is 3. The Balaban J connectivity index is 1.80. The number of nitrogens with zero attached hydrogens (tertiary/aromatic N) is 1. The minimum Gasteiger partial charge on any atom is -0.468 e. The van der Waals surface area contributed by atoms with Crippen LogP contribution in [0.3, 0.4) is 0 Å². The Labute approximate surface area is 122 Å². The average Bonchev–Trinajstić information content (AvgIpc) is 2.93. The molecule has 0 bridgehead atoms. The van der Waals surface area contributed by atoms with Crippen LogP contribution in [0.25, 0.3) is 12.7 Å². The first kappa shape index (κ1) is 13.5. The lowest BCUT2D eigenvalue weighted by atomic mass is 10.0. The molecule has 0 atom stereocenters. The van der Waals surface area contributed by atoms with Crippen molar-refractivity contribution >= 4 is 18.6 Å². The molecule has 2 aromatic rings. The number of amides is 1. The Morgan fingerprint density at radius 3 is 2.95 bits per heavy atom. The zero-order valence-corrected chi connectivity index (χ0v) is 11.8. The van der Waals surface area contributed by atoms with Crippen LogP contribution in [0.2, 0.25) is 0 Å². The van der Waals surface area contributed by atoms with Crippen molar-refractivity contribution in [2.45, 2.75) is 13.5 Å². The summed E-state index contributed by atoms with van der Waals surface area (Å²) in [6.45, 7) is 7.00. The van der Waals surface area contributed by atoms with E-state index in [0.29, 0.717) is 24.0 Å². The Bertz CT molecular complexity index is 817. The van der Waals surface area contributed by atoms with Gasteiger partial charge >= 0.3 is 0 Å². The number of carbonyl (C=O) groups is 1. The van der Waals surface area contributed by atoms with Crippen molar-refractivity contribution in [1.29, 1.82) is 0 Å². The maximum absolute atomic E-state index is 12.1. The molecular formula is C17H16N2O2. The molecule has 0 radical (unpaired) electrons. The number of carbonyl (C=O) groups excluding carboxylic acids is 1. The zero-order chi connectivity index (χ0) is 14.8. The minimum atomic E-state index is -0.205. The molecule has 1 aliphatic rings. The smallest absolute Gasteiger partial charge is 0.274 e. The van der Waals surface area contributed by atoms with E-state index in [0.717, 1.165) is 22.1 Å². The fourth-order valence-corrected chi connectivity index (χ4v) is 2.41. The van der Waals surface area contributed by atoms with Crippen LogP contribution in [0.1, 0.15) is 16.9 Å². The molecule has 0 aliphatic carbocycles. The first-order valence-electron chi connectivity index (χ1n) is 6.80. The molecule has 2 heterocycles. The molecule has 0 spiro atoms. The number of nitrogens with one attached hydrogen (secondary N) is 1. The fraction of sp³-hybridized carbons (Fsp3) is 0.176. The van der Waals surface area contributed by atoms with Crippen molar-refractivity contribution in [3.63, 3.8) is 0 Å². The van der Waals surface area contributed by atoms with Gasteiger partial charge in [-0.05, 0) is 42.0 Å². The van der Waals surface area contributed by atoms with Crippen LogP contribution < -0.4 is 15.9 Å². The number of benzene rings is 1. The molecule has 4 nitrogen and oxygen atoms in total. The van der Waals surface area contributed by atoms with Gasteiger partial charge in [-0.1, -0.05) is 12.6 Å². The molecule has 1 aliphatic heterocycles. The molecule has 3 rings (SSSR count). The van der Waals surface area contributed by atoms with Gasteiger partial charge in [-0.15, -0.1) is 0 Å². The van der Waals surface area contributed by atoms with Crippen molar-refractivity contribution in [3.8, 4) is 0 Å². The summed E-state index contributed by atoms with van der Waals surface area (Å²) in [7, 11) is 0. The highest BCUT2D eigenvalue weighted by molar-refractivity contribution is 6.00. The van der Waals surface area contributed by atoms with Crippen LogP contribution in [0, 0.1) is 6.92 Å². The van der Waals surface area contributed by atoms with E-state index in [1.54, 1.807) is 6.26 Å². The normalized spacial score (nSPS) is 13.6. The molecule has 1 N–H and O–H groups in total. The molecule has 4 heteroatoms. The summed E-state index contributed by atoms with van der Waals surface area (Å²) < 4.78 is 5.24. The number of rotatable bonds is 4. The van der Waals surface area contributed by atoms with Crippen molar-refractivity contribution in [2.75, 3.05) is 6.54 Å². The predicted octanol–water partition coefficient (Wildman–Crippen LogP) is 1.33. The first-order valence-corrected chi connectivity index (χ1v) is 6.80. The summed E-state index contributed by atoms with van der Waals surface area (Å²) in [5.74, 6) is 0.635. The molecule has 0 unspecified atom stereocenters. The van der Waals surface area contributed by atoms with E-state index < -0.39 is 0 Å². The highest BCUT2D eigenvalue weighted by Crippen LogP contribution is 2.09. The molecule has 1 aromatic carbocycles. The van der Waals surface area contributed by atoms with E-state index in [1.807, 2.05) is 37.3 Å². The van der Waals surface area contributed by atoms with Crippen LogP contribution in [0.5, 0.6) is 0 Å². The zero-order valence-electron chi connectivity index (χ0n) is 11.8. The number of hydrogen-bond donors (Lipinski definition) is 1. The Kier molecular flexibility index (Phi) is 3.54. The molecule has 1 amide bonds. The monoisotopic (exact) mass is 280 g/mol. The summed E-state index contributed by atoms with van der Waals surface area (Å²) in [6.07, 6.45) is 3.52. The van der Waals surface area contributed by atoms with Crippen LogP contribution in [0.15, 0.2) is 45.5 Å². The second-order valence-corrected chi connectivity index (χ2v) is 5.13. The summed E-state index contributed by atoms with van der Waals surface area (Å²) in [5.41, 5.74) is 2.72. The molecule has 0 fully saturated rings. The van der Waals surface area contributed by atoms with Gasteiger partial charge in [0.05, 0.1) is 18.2 Å². The van der Waals surface area contributed by atoms with Gasteiger partial charge in [-0.25, -0.2) is 4.99 Å². The molecular weight excluding hydrogens is 264 g/mol. The highest BCUT2D eigenvalue weighted by atomic mass is 16.3. The largest absolute Gasteiger partial charge is 0.468 e. The van der Waals surface area contributed by atoms with Gasteiger partial charge in [-0.3, -0.25) is 4.79 Å². The van der Waals surface area contributed by atoms with E-state index in [1.165, 1.54) is 0 Å². The Hall–Kier alpha value is -2.46. The second kappa shape index (κ2) is 5.50. The van der Waals surface area contributed by atoms with E-state index in [9.17, 15) is 4.79 Å². The van der Waals surface area contributed by atoms with Crippen molar-refractivity contribution in [3.05, 3.63) is 63.6 Å². The van der Waals surface area contributed by atoms with Crippen molar-refractivity contribution in [2.24, 2.45) is 4.99 Å². The Morgan fingerprint density at radius 2 is 2.19 bits per heavy atom. The Morgan fingerprint density at radius 1 is 1.33 bits per heavy atom. The lowest BCUT2D eigenvalue weighted by molar-refractivity contribution is -0.114. The molecule has 1 aromatic heterocycles. The third kappa shape index (κ3) is 2.85. The number of furan rings is 1. The van der Waals surface area contributed by atoms with Gasteiger partial charge in [0.25, 0.3) is 5.91 Å². The standard InChI is InChI=1S/C17H16N2O2/c1-11-6-12(2)16-13(7-11)8-14(17(20)19-16)9-18-10-15-4-3-5-21-15/h3-8,18H,2,9-10H2,1H3. The lowest BCUT2D eigenvalue weighted by Gasteiger charge is -2.10. The summed E-state index contributed by atoms with van der Waals surface area (Å²) >= 11 is 0. The van der Waals surface area contributed by atoms with E-state index in [-0.39, 0.29) is 5.91 Å².